The average molecular weight is 560 g/mol. The van der Waals surface area contributed by atoms with Crippen molar-refractivity contribution in [2.24, 2.45) is 5.92 Å². The number of aliphatic hydroxyl groups is 1. The van der Waals surface area contributed by atoms with E-state index in [1.165, 1.54) is 6.92 Å². The monoisotopic (exact) mass is 559 g/mol. The Bertz CT molecular complexity index is 1140. The summed E-state index contributed by atoms with van der Waals surface area (Å²) in [7, 11) is 0. The third kappa shape index (κ3) is 8.63. The Balaban J connectivity index is 2.01. The zero-order valence-electron chi connectivity index (χ0n) is 21.5. The second kappa shape index (κ2) is 14.4. The van der Waals surface area contributed by atoms with Crippen LogP contribution in [0.4, 0.5) is 26.7 Å². The van der Waals surface area contributed by atoms with Crippen LogP contribution in [0.15, 0.2) is 30.3 Å². The molecule has 1 unspecified atom stereocenters. The van der Waals surface area contributed by atoms with Crippen molar-refractivity contribution in [2.45, 2.75) is 58.4 Å². The molecule has 0 aromatic heterocycles. The Morgan fingerprint density at radius 1 is 0.846 bits per heavy atom. The molecule has 0 aliphatic rings. The smallest absolute Gasteiger partial charge is 0.408 e. The number of halogens is 5. The quantitative estimate of drug-likeness (QED) is 0.180. The first-order valence-corrected chi connectivity index (χ1v) is 12.1. The number of rotatable bonds is 12. The molecule has 214 valence electrons. The van der Waals surface area contributed by atoms with E-state index in [1.807, 2.05) is 13.8 Å². The van der Waals surface area contributed by atoms with E-state index in [1.54, 1.807) is 30.3 Å². The highest BCUT2D eigenvalue weighted by atomic mass is 19.2. The standard InChI is InChI=1S/C26H30F5N3O5/c1-4-15(24(36)32-11-17(35)18-19(27)21(29)23(31)22(30)20(18)28)33-25(37)16(10-13(2)3)34-26(38)39-12-14-8-6-5-7-9-14/h5-9,13,15-17,35H,4,10-12H2,1-3H3,(H,32,36)(H,33,37)(H,34,38)/t15-,16-,17?/m0/s1. The van der Waals surface area contributed by atoms with Gasteiger partial charge in [-0.25, -0.2) is 26.7 Å². The number of aliphatic hydroxyl groups excluding tert-OH is 1. The molecule has 0 heterocycles. The van der Waals surface area contributed by atoms with Gasteiger partial charge in [0.1, 0.15) is 24.8 Å². The zero-order chi connectivity index (χ0) is 29.3. The van der Waals surface area contributed by atoms with Gasteiger partial charge in [0.05, 0.1) is 5.56 Å². The molecule has 13 heteroatoms. The fourth-order valence-electron chi connectivity index (χ4n) is 3.57. The molecule has 0 fully saturated rings. The minimum Gasteiger partial charge on any atom is -0.445 e. The molecule has 8 nitrogen and oxygen atoms in total. The Labute approximate surface area is 221 Å². The Kier molecular flexibility index (Phi) is 11.6. The Morgan fingerprint density at radius 3 is 1.95 bits per heavy atom. The van der Waals surface area contributed by atoms with Gasteiger partial charge in [0.15, 0.2) is 23.3 Å². The van der Waals surface area contributed by atoms with Crippen LogP contribution in [0.2, 0.25) is 0 Å². The predicted octanol–water partition coefficient (Wildman–Crippen LogP) is 3.77. The van der Waals surface area contributed by atoms with Crippen LogP contribution < -0.4 is 16.0 Å². The highest BCUT2D eigenvalue weighted by molar-refractivity contribution is 5.91. The second-order valence-corrected chi connectivity index (χ2v) is 9.10. The number of carbonyl (C=O) groups excluding carboxylic acids is 3. The van der Waals surface area contributed by atoms with Crippen molar-refractivity contribution >= 4 is 17.9 Å². The van der Waals surface area contributed by atoms with Crippen LogP contribution >= 0.6 is 0 Å². The summed E-state index contributed by atoms with van der Waals surface area (Å²) < 4.78 is 73.1. The molecule has 3 atom stereocenters. The van der Waals surface area contributed by atoms with E-state index in [4.69, 9.17) is 4.74 Å². The number of alkyl carbamates (subject to hydrolysis) is 1. The van der Waals surface area contributed by atoms with Crippen LogP contribution in [0, 0.1) is 35.0 Å². The lowest BCUT2D eigenvalue weighted by Gasteiger charge is -2.24. The van der Waals surface area contributed by atoms with Crippen LogP contribution in [0.5, 0.6) is 0 Å². The van der Waals surface area contributed by atoms with Gasteiger partial charge in [-0.15, -0.1) is 0 Å². The fraction of sp³-hybridized carbons (Fsp3) is 0.423. The molecule has 0 spiro atoms. The van der Waals surface area contributed by atoms with Gasteiger partial charge < -0.3 is 25.8 Å². The predicted molar refractivity (Wildman–Crippen MR) is 129 cm³/mol. The van der Waals surface area contributed by atoms with E-state index in [0.29, 0.717) is 0 Å². The van der Waals surface area contributed by atoms with Gasteiger partial charge >= 0.3 is 6.09 Å². The van der Waals surface area contributed by atoms with E-state index >= 15 is 0 Å². The van der Waals surface area contributed by atoms with Crippen molar-refractivity contribution in [3.8, 4) is 0 Å². The molecule has 2 aromatic rings. The van der Waals surface area contributed by atoms with Gasteiger partial charge in [0.2, 0.25) is 17.6 Å². The normalized spacial score (nSPS) is 13.4. The maximum atomic E-state index is 13.9. The van der Waals surface area contributed by atoms with E-state index in [9.17, 15) is 41.4 Å². The van der Waals surface area contributed by atoms with Crippen molar-refractivity contribution in [1.82, 2.24) is 16.0 Å². The van der Waals surface area contributed by atoms with Gasteiger partial charge in [-0.05, 0) is 24.3 Å². The third-order valence-corrected chi connectivity index (χ3v) is 5.62. The number of benzene rings is 2. The van der Waals surface area contributed by atoms with Gasteiger partial charge in [0, 0.05) is 6.54 Å². The number of hydrogen-bond acceptors (Lipinski definition) is 5. The molecule has 3 amide bonds. The highest BCUT2D eigenvalue weighted by Crippen LogP contribution is 2.27. The van der Waals surface area contributed by atoms with Gasteiger partial charge in [0.25, 0.3) is 0 Å². The maximum Gasteiger partial charge on any atom is 0.408 e. The van der Waals surface area contributed by atoms with Crippen molar-refractivity contribution in [3.63, 3.8) is 0 Å². The lowest BCUT2D eigenvalue weighted by Crippen LogP contribution is -2.54. The molecule has 0 saturated carbocycles. The highest BCUT2D eigenvalue weighted by Gasteiger charge is 2.31. The molecule has 0 bridgehead atoms. The van der Waals surface area contributed by atoms with E-state index < -0.39 is 77.3 Å². The van der Waals surface area contributed by atoms with Gasteiger partial charge in [-0.3, -0.25) is 9.59 Å². The van der Waals surface area contributed by atoms with Gasteiger partial charge in [-0.2, -0.15) is 0 Å². The Hall–Kier alpha value is -3.74. The number of amides is 3. The summed E-state index contributed by atoms with van der Waals surface area (Å²) >= 11 is 0. The molecule has 0 radical (unpaired) electrons. The summed E-state index contributed by atoms with van der Waals surface area (Å²) in [4.78, 5) is 37.8. The summed E-state index contributed by atoms with van der Waals surface area (Å²) in [5.74, 6) is -13.0. The van der Waals surface area contributed by atoms with Gasteiger partial charge in [-0.1, -0.05) is 51.1 Å². The first kappa shape index (κ1) is 31.5. The summed E-state index contributed by atoms with van der Waals surface area (Å²) in [5, 5.41) is 17.0. The number of nitrogens with one attached hydrogen (secondary N) is 3. The topological polar surface area (TPSA) is 117 Å². The molecular weight excluding hydrogens is 529 g/mol. The molecule has 0 saturated heterocycles. The van der Waals surface area contributed by atoms with Crippen molar-refractivity contribution in [2.75, 3.05) is 6.54 Å². The van der Waals surface area contributed by atoms with E-state index in [2.05, 4.69) is 16.0 Å². The fourth-order valence-corrected chi connectivity index (χ4v) is 3.57. The largest absolute Gasteiger partial charge is 0.445 e. The number of ether oxygens (including phenoxy) is 1. The molecule has 39 heavy (non-hydrogen) atoms. The van der Waals surface area contributed by atoms with Crippen molar-refractivity contribution in [3.05, 3.63) is 70.5 Å². The minimum atomic E-state index is -2.38. The molecule has 4 N–H and O–H groups in total. The second-order valence-electron chi connectivity index (χ2n) is 9.10. The van der Waals surface area contributed by atoms with E-state index in [0.717, 1.165) is 5.56 Å². The lowest BCUT2D eigenvalue weighted by molar-refractivity contribution is -0.130. The summed E-state index contributed by atoms with van der Waals surface area (Å²) in [6, 6.07) is 6.55. The van der Waals surface area contributed by atoms with Crippen molar-refractivity contribution < 1.29 is 46.2 Å². The van der Waals surface area contributed by atoms with E-state index in [-0.39, 0.29) is 25.4 Å². The molecule has 0 aliphatic heterocycles. The van der Waals surface area contributed by atoms with Crippen LogP contribution in [-0.2, 0) is 20.9 Å². The van der Waals surface area contributed by atoms with Crippen LogP contribution in [0.3, 0.4) is 0 Å². The third-order valence-electron chi connectivity index (χ3n) is 5.62. The van der Waals surface area contributed by atoms with Crippen molar-refractivity contribution in [1.29, 1.82) is 0 Å². The first-order chi connectivity index (χ1) is 18.4. The number of hydrogen-bond donors (Lipinski definition) is 4. The SMILES string of the molecule is CC[C@H](NC(=O)[C@H](CC(C)C)NC(=O)OCc1ccccc1)C(=O)NCC(O)c1c(F)c(F)c(F)c(F)c1F. The number of carbonyl (C=O) groups is 3. The summed E-state index contributed by atoms with van der Waals surface area (Å²) in [5.41, 5.74) is -0.771. The lowest BCUT2D eigenvalue weighted by atomic mass is 10.0. The zero-order valence-corrected chi connectivity index (χ0v) is 21.5. The summed E-state index contributed by atoms with van der Waals surface area (Å²) in [6.45, 7) is 4.20. The average Bonchev–Trinajstić information content (AvgIpc) is 2.91. The van der Waals surface area contributed by atoms with Crippen LogP contribution in [-0.4, -0.2) is 41.6 Å². The van der Waals surface area contributed by atoms with Crippen LogP contribution in [0.25, 0.3) is 0 Å². The molecule has 2 rings (SSSR count). The summed E-state index contributed by atoms with van der Waals surface area (Å²) in [6.07, 6.45) is -2.91. The minimum absolute atomic E-state index is 0.0308. The molecule has 2 aromatic carbocycles. The molecule has 0 aliphatic carbocycles. The molecular formula is C26H30F5N3O5. The van der Waals surface area contributed by atoms with Crippen LogP contribution in [0.1, 0.15) is 50.8 Å². The maximum absolute atomic E-state index is 13.9. The first-order valence-electron chi connectivity index (χ1n) is 12.1. The Morgan fingerprint density at radius 2 is 1.41 bits per heavy atom.